The van der Waals surface area contributed by atoms with Crippen molar-refractivity contribution < 1.29 is 22.7 Å². The summed E-state index contributed by atoms with van der Waals surface area (Å²) in [6.07, 6.45) is 4.35. The van der Waals surface area contributed by atoms with Crippen LogP contribution < -0.4 is 9.04 Å². The van der Waals surface area contributed by atoms with Crippen LogP contribution in [-0.2, 0) is 19.6 Å². The molecule has 1 atom stereocenters. The van der Waals surface area contributed by atoms with Gasteiger partial charge in [-0.1, -0.05) is 24.3 Å². The maximum atomic E-state index is 13.3. The van der Waals surface area contributed by atoms with Gasteiger partial charge < -0.3 is 9.64 Å². The van der Waals surface area contributed by atoms with Crippen molar-refractivity contribution in [1.82, 2.24) is 4.90 Å². The van der Waals surface area contributed by atoms with Gasteiger partial charge in [-0.2, -0.15) is 0 Å². The molecule has 8 heteroatoms. The molecule has 162 valence electrons. The number of carbonyl (C=O) groups excluding carboxylic acids is 2. The van der Waals surface area contributed by atoms with E-state index in [9.17, 15) is 18.0 Å². The van der Waals surface area contributed by atoms with Gasteiger partial charge in [-0.25, -0.2) is 8.42 Å². The molecule has 0 spiro atoms. The van der Waals surface area contributed by atoms with Gasteiger partial charge >= 0.3 is 0 Å². The van der Waals surface area contributed by atoms with Gasteiger partial charge in [0.05, 0.1) is 10.6 Å². The Hall–Kier alpha value is -3.13. The Bertz CT molecular complexity index is 1170. The number of anilines is 1. The molecule has 0 radical (unpaired) electrons. The van der Waals surface area contributed by atoms with Crippen molar-refractivity contribution in [1.29, 1.82) is 0 Å². The first-order chi connectivity index (χ1) is 14.6. The summed E-state index contributed by atoms with van der Waals surface area (Å²) >= 11 is 0. The monoisotopic (exact) mass is 440 g/mol. The lowest BCUT2D eigenvalue weighted by Crippen LogP contribution is -2.51. The molecule has 0 saturated carbocycles. The number of amides is 1. The van der Waals surface area contributed by atoms with Crippen LogP contribution in [0.15, 0.2) is 65.7 Å². The lowest BCUT2D eigenvalue weighted by Gasteiger charge is -2.40. The van der Waals surface area contributed by atoms with E-state index >= 15 is 0 Å². The number of fused-ring (bicyclic) bond motifs is 1. The molecule has 0 N–H and O–H groups in total. The number of Topliss-reactive ketones (excluding diaryl/α,β-unsaturated/α-hetero) is 1. The van der Waals surface area contributed by atoms with E-state index in [0.717, 1.165) is 0 Å². The second-order valence-corrected chi connectivity index (χ2v) is 10.1. The first-order valence-corrected chi connectivity index (χ1v) is 11.5. The highest BCUT2D eigenvalue weighted by Gasteiger charge is 2.46. The van der Waals surface area contributed by atoms with Crippen molar-refractivity contribution in [2.45, 2.75) is 43.2 Å². The molecule has 1 amide bonds. The number of nitrogens with zero attached hydrogens (tertiary/aromatic N) is 2. The fourth-order valence-corrected chi connectivity index (χ4v) is 5.07. The Morgan fingerprint density at radius 2 is 1.81 bits per heavy atom. The van der Waals surface area contributed by atoms with Crippen molar-refractivity contribution in [3.8, 4) is 5.75 Å². The molecular formula is C23H24N2O5S. The van der Waals surface area contributed by atoms with Gasteiger partial charge in [0.25, 0.3) is 10.0 Å². The van der Waals surface area contributed by atoms with E-state index in [1.807, 2.05) is 6.08 Å². The maximum absolute atomic E-state index is 13.3. The highest BCUT2D eigenvalue weighted by molar-refractivity contribution is 7.92. The van der Waals surface area contributed by atoms with Crippen molar-refractivity contribution in [2.75, 3.05) is 11.4 Å². The SMILES string of the molecule is CN(c1ccccc1)S(=O)(=O)c1ccc2c(c1)C(N1C=CCCC1=O)C(=O)C(C)(C)O2. The lowest BCUT2D eigenvalue weighted by molar-refractivity contribution is -0.146. The molecule has 0 aliphatic carbocycles. The van der Waals surface area contributed by atoms with Crippen molar-refractivity contribution in [3.63, 3.8) is 0 Å². The van der Waals surface area contributed by atoms with Crippen LogP contribution in [0.25, 0.3) is 0 Å². The van der Waals surface area contributed by atoms with E-state index < -0.39 is 21.7 Å². The number of carbonyl (C=O) groups is 2. The third kappa shape index (κ3) is 3.61. The first-order valence-electron chi connectivity index (χ1n) is 10.0. The molecule has 0 fully saturated rings. The molecule has 2 aliphatic rings. The van der Waals surface area contributed by atoms with Gasteiger partial charge in [0, 0.05) is 25.2 Å². The minimum absolute atomic E-state index is 0.0205. The van der Waals surface area contributed by atoms with Crippen LogP contribution in [-0.4, -0.2) is 37.7 Å². The van der Waals surface area contributed by atoms with Gasteiger partial charge in [-0.3, -0.25) is 13.9 Å². The molecule has 0 aromatic heterocycles. The minimum Gasteiger partial charge on any atom is -0.480 e. The highest BCUT2D eigenvalue weighted by atomic mass is 32.2. The summed E-state index contributed by atoms with van der Waals surface area (Å²) in [6, 6.07) is 12.2. The average molecular weight is 441 g/mol. The van der Waals surface area contributed by atoms with Crippen molar-refractivity contribution in [3.05, 3.63) is 66.4 Å². The molecule has 2 aromatic carbocycles. The number of ketones is 1. The number of para-hydroxylation sites is 1. The van der Waals surface area contributed by atoms with Crippen molar-refractivity contribution in [2.24, 2.45) is 0 Å². The Kier molecular flexibility index (Phi) is 5.13. The zero-order valence-electron chi connectivity index (χ0n) is 17.6. The summed E-state index contributed by atoms with van der Waals surface area (Å²) in [4.78, 5) is 27.3. The molecule has 0 bridgehead atoms. The molecule has 4 rings (SSSR count). The number of benzene rings is 2. The summed E-state index contributed by atoms with van der Waals surface area (Å²) in [5.41, 5.74) is -0.268. The van der Waals surface area contributed by atoms with Crippen molar-refractivity contribution >= 4 is 27.4 Å². The fraction of sp³-hybridized carbons (Fsp3) is 0.304. The topological polar surface area (TPSA) is 84.0 Å². The number of allylic oxidation sites excluding steroid dienone is 1. The Morgan fingerprint density at radius 1 is 1.10 bits per heavy atom. The highest BCUT2D eigenvalue weighted by Crippen LogP contribution is 2.42. The Balaban J connectivity index is 1.82. The number of sulfonamides is 1. The second kappa shape index (κ2) is 7.53. The number of ether oxygens (including phenoxy) is 1. The summed E-state index contributed by atoms with van der Waals surface area (Å²) in [6.45, 7) is 3.30. The van der Waals surface area contributed by atoms with Gasteiger partial charge in [-0.05, 0) is 50.6 Å². The molecule has 0 saturated heterocycles. The second-order valence-electron chi connectivity index (χ2n) is 8.11. The summed E-state index contributed by atoms with van der Waals surface area (Å²) in [5, 5.41) is 0. The van der Waals surface area contributed by atoms with Crippen LogP contribution in [0.3, 0.4) is 0 Å². The van der Waals surface area contributed by atoms with E-state index in [2.05, 4.69) is 0 Å². The third-order valence-electron chi connectivity index (χ3n) is 5.62. The van der Waals surface area contributed by atoms with Crippen LogP contribution in [0.5, 0.6) is 5.75 Å². The third-order valence-corrected chi connectivity index (χ3v) is 7.40. The average Bonchev–Trinajstić information content (AvgIpc) is 2.75. The molecular weight excluding hydrogens is 416 g/mol. The summed E-state index contributed by atoms with van der Waals surface area (Å²) in [7, 11) is -2.42. The quantitative estimate of drug-likeness (QED) is 0.727. The van der Waals surface area contributed by atoms with E-state index in [1.54, 1.807) is 56.4 Å². The fourth-order valence-electron chi connectivity index (χ4n) is 3.84. The molecule has 31 heavy (non-hydrogen) atoms. The molecule has 2 heterocycles. The smallest absolute Gasteiger partial charge is 0.264 e. The van der Waals surface area contributed by atoms with Crippen LogP contribution in [0, 0.1) is 0 Å². The lowest BCUT2D eigenvalue weighted by atomic mass is 9.86. The van der Waals surface area contributed by atoms with Crippen LogP contribution >= 0.6 is 0 Å². The number of hydrogen-bond donors (Lipinski definition) is 0. The maximum Gasteiger partial charge on any atom is 0.264 e. The van der Waals surface area contributed by atoms with Crippen LogP contribution in [0.2, 0.25) is 0 Å². The number of hydrogen-bond acceptors (Lipinski definition) is 5. The largest absolute Gasteiger partial charge is 0.480 e. The van der Waals surface area contributed by atoms with E-state index in [-0.39, 0.29) is 16.6 Å². The van der Waals surface area contributed by atoms with E-state index in [4.69, 9.17) is 4.74 Å². The number of rotatable bonds is 4. The molecule has 7 nitrogen and oxygen atoms in total. The zero-order valence-corrected chi connectivity index (χ0v) is 18.4. The summed E-state index contributed by atoms with van der Waals surface area (Å²) < 4.78 is 33.6. The first kappa shape index (κ1) is 21.1. The van der Waals surface area contributed by atoms with E-state index in [0.29, 0.717) is 29.8 Å². The van der Waals surface area contributed by atoms with Crippen LogP contribution in [0.4, 0.5) is 5.69 Å². The Morgan fingerprint density at radius 3 is 2.48 bits per heavy atom. The van der Waals surface area contributed by atoms with E-state index in [1.165, 1.54) is 28.4 Å². The summed E-state index contributed by atoms with van der Waals surface area (Å²) in [5.74, 6) is -0.0901. The standard InChI is InChI=1S/C23H24N2O5S/c1-23(2)22(27)21(25-14-8-7-11-20(25)26)18-15-17(12-13-19(18)30-23)31(28,29)24(3)16-9-5-4-6-10-16/h4-6,8-10,12-15,21H,7,11H2,1-3H3. The predicted molar refractivity (Wildman–Crippen MR) is 116 cm³/mol. The zero-order chi connectivity index (χ0) is 22.4. The van der Waals surface area contributed by atoms with Crippen LogP contribution in [0.1, 0.15) is 38.3 Å². The normalized spacial score (nSPS) is 20.2. The predicted octanol–water partition coefficient (Wildman–Crippen LogP) is 3.43. The Labute approximate surface area is 182 Å². The minimum atomic E-state index is -3.89. The van der Waals surface area contributed by atoms with Gasteiger partial charge in [0.1, 0.15) is 11.8 Å². The molecule has 2 aliphatic heterocycles. The van der Waals surface area contributed by atoms with Gasteiger partial charge in [0.15, 0.2) is 5.60 Å². The van der Waals surface area contributed by atoms with Gasteiger partial charge in [0.2, 0.25) is 11.7 Å². The van der Waals surface area contributed by atoms with Gasteiger partial charge in [-0.15, -0.1) is 0 Å². The molecule has 1 unspecified atom stereocenters. The molecule has 2 aromatic rings.